The smallest absolute Gasteiger partial charge is 0.271 e. The number of amides is 3. The van der Waals surface area contributed by atoms with Gasteiger partial charge in [-0.15, -0.1) is 0 Å². The third kappa shape index (κ3) is 3.42. The number of hydrogen-bond donors (Lipinski definition) is 2. The van der Waals surface area contributed by atoms with Crippen molar-refractivity contribution in [3.63, 3.8) is 0 Å². The van der Waals surface area contributed by atoms with E-state index >= 15 is 0 Å². The number of carbonyl (C=O) groups excluding carboxylic acids is 3. The molecule has 1 aliphatic rings. The quantitative estimate of drug-likeness (QED) is 0.687. The monoisotopic (exact) mass is 374 g/mol. The number of carbonyl (C=O) groups is 3. The zero-order chi connectivity index (χ0) is 19.5. The Bertz CT molecular complexity index is 1050. The van der Waals surface area contributed by atoms with Crippen molar-refractivity contribution in [2.24, 2.45) is 5.92 Å². The normalized spacial score (nSPS) is 16.2. The number of rotatable bonds is 3. The van der Waals surface area contributed by atoms with Crippen LogP contribution in [0.2, 0.25) is 0 Å². The van der Waals surface area contributed by atoms with Crippen LogP contribution in [0.4, 0.5) is 5.69 Å². The fourth-order valence-corrected chi connectivity index (χ4v) is 3.35. The molecule has 28 heavy (non-hydrogen) atoms. The van der Waals surface area contributed by atoms with Crippen molar-refractivity contribution in [3.05, 3.63) is 72.6 Å². The zero-order valence-corrected chi connectivity index (χ0v) is 15.0. The summed E-state index contributed by atoms with van der Waals surface area (Å²) in [5, 5.41) is 1.99. The Morgan fingerprint density at radius 3 is 2.64 bits per heavy atom. The van der Waals surface area contributed by atoms with Gasteiger partial charge < -0.3 is 4.90 Å². The lowest BCUT2D eigenvalue weighted by Gasteiger charge is -2.19. The molecule has 0 bridgehead atoms. The fourth-order valence-electron chi connectivity index (χ4n) is 3.35. The number of fused-ring (bicyclic) bond motifs is 1. The number of hydrogen-bond acceptors (Lipinski definition) is 4. The number of hydrazine groups is 1. The van der Waals surface area contributed by atoms with E-state index in [0.29, 0.717) is 5.56 Å². The third-order valence-corrected chi connectivity index (χ3v) is 4.78. The van der Waals surface area contributed by atoms with Gasteiger partial charge in [-0.05, 0) is 23.6 Å². The van der Waals surface area contributed by atoms with Crippen LogP contribution in [0.1, 0.15) is 16.8 Å². The molecule has 1 aliphatic heterocycles. The summed E-state index contributed by atoms with van der Waals surface area (Å²) in [4.78, 5) is 42.5. The van der Waals surface area contributed by atoms with Crippen molar-refractivity contribution in [3.8, 4) is 0 Å². The predicted molar refractivity (Wildman–Crippen MR) is 104 cm³/mol. The summed E-state index contributed by atoms with van der Waals surface area (Å²) in [5.74, 6) is -1.51. The molecule has 7 heteroatoms. The van der Waals surface area contributed by atoms with E-state index in [-0.39, 0.29) is 18.9 Å². The number of nitrogens with zero attached hydrogens (tertiary/aromatic N) is 2. The maximum Gasteiger partial charge on any atom is 0.271 e. The molecular formula is C21H18N4O3. The number of aromatic nitrogens is 1. The molecule has 0 spiro atoms. The maximum atomic E-state index is 12.5. The molecule has 4 rings (SSSR count). The molecule has 0 radical (unpaired) electrons. The van der Waals surface area contributed by atoms with E-state index < -0.39 is 17.7 Å². The highest BCUT2D eigenvalue weighted by molar-refractivity contribution is 6.07. The minimum atomic E-state index is -0.541. The molecule has 0 aliphatic carbocycles. The van der Waals surface area contributed by atoms with Crippen molar-refractivity contribution in [1.82, 2.24) is 15.8 Å². The summed E-state index contributed by atoms with van der Waals surface area (Å²) in [6.45, 7) is 0.265. The molecule has 140 valence electrons. The van der Waals surface area contributed by atoms with Gasteiger partial charge in [0.15, 0.2) is 0 Å². The van der Waals surface area contributed by atoms with Crippen molar-refractivity contribution < 1.29 is 14.4 Å². The summed E-state index contributed by atoms with van der Waals surface area (Å²) in [6, 6.07) is 16.8. The van der Waals surface area contributed by atoms with Crippen LogP contribution >= 0.6 is 0 Å². The van der Waals surface area contributed by atoms with Gasteiger partial charge in [0.25, 0.3) is 5.91 Å². The Labute approximate surface area is 161 Å². The van der Waals surface area contributed by atoms with Crippen LogP contribution in [0.15, 0.2) is 67.0 Å². The molecule has 1 atom stereocenters. The van der Waals surface area contributed by atoms with Crippen molar-refractivity contribution in [2.75, 3.05) is 11.4 Å². The second-order valence-electron chi connectivity index (χ2n) is 6.59. The molecular weight excluding hydrogens is 356 g/mol. The topological polar surface area (TPSA) is 91.4 Å². The molecule has 1 unspecified atom stereocenters. The van der Waals surface area contributed by atoms with Gasteiger partial charge in [-0.2, -0.15) is 0 Å². The Balaban J connectivity index is 1.44. The second-order valence-corrected chi connectivity index (χ2v) is 6.59. The van der Waals surface area contributed by atoms with Crippen LogP contribution in [0.5, 0.6) is 0 Å². The first-order chi connectivity index (χ1) is 13.6. The molecule has 1 fully saturated rings. The lowest BCUT2D eigenvalue weighted by molar-refractivity contribution is -0.126. The van der Waals surface area contributed by atoms with Crippen LogP contribution in [0.25, 0.3) is 10.8 Å². The molecule has 2 aromatic carbocycles. The molecule has 3 aromatic rings. The van der Waals surface area contributed by atoms with E-state index in [9.17, 15) is 14.4 Å². The van der Waals surface area contributed by atoms with E-state index in [1.54, 1.807) is 23.2 Å². The molecule has 3 amide bonds. The second kappa shape index (κ2) is 7.48. The van der Waals surface area contributed by atoms with Gasteiger partial charge in [-0.3, -0.25) is 30.2 Å². The summed E-state index contributed by atoms with van der Waals surface area (Å²) in [5.41, 5.74) is 5.90. The molecule has 1 saturated heterocycles. The highest BCUT2D eigenvalue weighted by Crippen LogP contribution is 2.31. The average molecular weight is 374 g/mol. The Hall–Kier alpha value is -3.74. The van der Waals surface area contributed by atoms with Gasteiger partial charge in [0.2, 0.25) is 11.8 Å². The molecule has 2 heterocycles. The number of anilines is 1. The standard InChI is InChI=1S/C21H18N4O3/c26-19-11-16(21(28)24-23-20(27)15-7-4-10-22-12-15)13-25(19)18-9-3-6-14-5-1-2-8-17(14)18/h1-10,12,16H,11,13H2,(H,23,27)(H,24,28). The molecule has 2 N–H and O–H groups in total. The van der Waals surface area contributed by atoms with Crippen molar-refractivity contribution >= 4 is 34.2 Å². The van der Waals surface area contributed by atoms with E-state index in [1.165, 1.54) is 6.20 Å². The minimum absolute atomic E-state index is 0.0951. The lowest BCUT2D eigenvalue weighted by Crippen LogP contribution is -2.45. The highest BCUT2D eigenvalue weighted by Gasteiger charge is 2.35. The minimum Gasteiger partial charge on any atom is -0.311 e. The largest absolute Gasteiger partial charge is 0.311 e. The van der Waals surface area contributed by atoms with Crippen molar-refractivity contribution in [1.29, 1.82) is 0 Å². The Morgan fingerprint density at radius 1 is 1.00 bits per heavy atom. The third-order valence-electron chi connectivity index (χ3n) is 4.78. The first-order valence-corrected chi connectivity index (χ1v) is 8.92. The Kier molecular flexibility index (Phi) is 4.72. The number of nitrogens with one attached hydrogen (secondary N) is 2. The van der Waals surface area contributed by atoms with Crippen molar-refractivity contribution in [2.45, 2.75) is 6.42 Å². The lowest BCUT2D eigenvalue weighted by atomic mass is 10.1. The van der Waals surface area contributed by atoms with Crippen LogP contribution in [-0.4, -0.2) is 29.3 Å². The molecule has 0 saturated carbocycles. The van der Waals surface area contributed by atoms with Gasteiger partial charge in [-0.25, -0.2) is 0 Å². The van der Waals surface area contributed by atoms with Crippen LogP contribution < -0.4 is 15.8 Å². The van der Waals surface area contributed by atoms with Gasteiger partial charge in [-0.1, -0.05) is 36.4 Å². The first-order valence-electron chi connectivity index (χ1n) is 8.92. The highest BCUT2D eigenvalue weighted by atomic mass is 16.2. The van der Waals surface area contributed by atoms with Gasteiger partial charge >= 0.3 is 0 Å². The summed E-state index contributed by atoms with van der Waals surface area (Å²) in [6.07, 6.45) is 3.06. The van der Waals surface area contributed by atoms with E-state index in [0.717, 1.165) is 16.5 Å². The van der Waals surface area contributed by atoms with Gasteiger partial charge in [0, 0.05) is 30.7 Å². The summed E-state index contributed by atoms with van der Waals surface area (Å²) >= 11 is 0. The van der Waals surface area contributed by atoms with Crippen LogP contribution in [-0.2, 0) is 9.59 Å². The molecule has 7 nitrogen and oxygen atoms in total. The Morgan fingerprint density at radius 2 is 1.82 bits per heavy atom. The fraction of sp³-hybridized carbons (Fsp3) is 0.143. The maximum absolute atomic E-state index is 12.5. The predicted octanol–water partition coefficient (Wildman–Crippen LogP) is 2.05. The summed E-state index contributed by atoms with van der Waals surface area (Å²) in [7, 11) is 0. The van der Waals surface area contributed by atoms with Crippen LogP contribution in [0, 0.1) is 5.92 Å². The average Bonchev–Trinajstić information content (AvgIpc) is 3.13. The number of benzene rings is 2. The first kappa shape index (κ1) is 17.7. The van der Waals surface area contributed by atoms with Gasteiger partial charge in [0.1, 0.15) is 0 Å². The van der Waals surface area contributed by atoms with E-state index in [2.05, 4.69) is 15.8 Å². The number of pyridine rings is 1. The van der Waals surface area contributed by atoms with E-state index in [1.807, 2.05) is 42.5 Å². The van der Waals surface area contributed by atoms with Gasteiger partial charge in [0.05, 0.1) is 17.2 Å². The SMILES string of the molecule is O=C(NNC(=O)C1CC(=O)N(c2cccc3ccccc23)C1)c1cccnc1. The summed E-state index contributed by atoms with van der Waals surface area (Å²) < 4.78 is 0. The zero-order valence-electron chi connectivity index (χ0n) is 15.0. The molecule has 1 aromatic heterocycles. The van der Waals surface area contributed by atoms with Crippen LogP contribution in [0.3, 0.4) is 0 Å². The van der Waals surface area contributed by atoms with E-state index in [4.69, 9.17) is 0 Å².